The number of amides is 1. The Balaban J connectivity index is 1.93. The summed E-state index contributed by atoms with van der Waals surface area (Å²) in [6.45, 7) is 4.58. The van der Waals surface area contributed by atoms with Crippen molar-refractivity contribution in [2.75, 3.05) is 11.5 Å². The van der Waals surface area contributed by atoms with E-state index in [1.807, 2.05) is 32.0 Å². The van der Waals surface area contributed by atoms with E-state index in [1.54, 1.807) is 6.07 Å². The third-order valence-corrected chi connectivity index (χ3v) is 6.06. The second-order valence-corrected chi connectivity index (χ2v) is 8.55. The summed E-state index contributed by atoms with van der Waals surface area (Å²) in [5, 5.41) is 6.25. The molecule has 0 unspecified atom stereocenters. The van der Waals surface area contributed by atoms with E-state index in [0.717, 1.165) is 24.8 Å². The maximum absolute atomic E-state index is 12.1. The first-order chi connectivity index (χ1) is 10.9. The second kappa shape index (κ2) is 7.93. The van der Waals surface area contributed by atoms with Crippen LogP contribution >= 0.6 is 0 Å². The summed E-state index contributed by atoms with van der Waals surface area (Å²) in [5.41, 5.74) is 1.63. The van der Waals surface area contributed by atoms with Gasteiger partial charge in [0.2, 0.25) is 0 Å². The average Bonchev–Trinajstić information content (AvgIpc) is 2.52. The lowest BCUT2D eigenvalue weighted by atomic mass is 10.1. The van der Waals surface area contributed by atoms with Crippen LogP contribution in [-0.4, -0.2) is 37.9 Å². The maximum Gasteiger partial charge on any atom is 0.251 e. The molecular formula is C17H26N2O3S. The summed E-state index contributed by atoms with van der Waals surface area (Å²) < 4.78 is 23.3. The van der Waals surface area contributed by atoms with Crippen LogP contribution in [0.4, 0.5) is 0 Å². The number of hydrogen-bond acceptors (Lipinski definition) is 4. The lowest BCUT2D eigenvalue weighted by Gasteiger charge is -2.23. The van der Waals surface area contributed by atoms with Gasteiger partial charge in [-0.15, -0.1) is 0 Å². The molecule has 0 saturated carbocycles. The molecule has 1 aliphatic rings. The van der Waals surface area contributed by atoms with Gasteiger partial charge < -0.3 is 10.6 Å². The molecule has 1 aliphatic heterocycles. The lowest BCUT2D eigenvalue weighted by molar-refractivity contribution is 0.0939. The highest BCUT2D eigenvalue weighted by Gasteiger charge is 2.24. The van der Waals surface area contributed by atoms with Crippen LogP contribution in [0.15, 0.2) is 24.3 Å². The topological polar surface area (TPSA) is 75.3 Å². The Morgan fingerprint density at radius 2 is 2.17 bits per heavy atom. The average molecular weight is 338 g/mol. The Hall–Kier alpha value is -1.40. The normalized spacial score (nSPS) is 21.6. The Kier molecular flexibility index (Phi) is 6.18. The van der Waals surface area contributed by atoms with Crippen LogP contribution in [0.25, 0.3) is 0 Å². The van der Waals surface area contributed by atoms with E-state index in [2.05, 4.69) is 10.6 Å². The van der Waals surface area contributed by atoms with E-state index in [9.17, 15) is 13.2 Å². The zero-order chi connectivity index (χ0) is 16.9. The Morgan fingerprint density at radius 3 is 2.87 bits per heavy atom. The molecule has 5 nitrogen and oxygen atoms in total. The van der Waals surface area contributed by atoms with Gasteiger partial charge in [0.15, 0.2) is 9.84 Å². The molecule has 0 radical (unpaired) electrons. The van der Waals surface area contributed by atoms with Crippen molar-refractivity contribution in [1.29, 1.82) is 0 Å². The van der Waals surface area contributed by atoms with Crippen molar-refractivity contribution in [3.05, 3.63) is 35.4 Å². The SMILES string of the molecule is CC[C@H](C)NC(=O)c1cccc(CN[C@H]2CCCS(=O)(=O)C2)c1. The van der Waals surface area contributed by atoms with Crippen molar-refractivity contribution in [2.45, 2.75) is 51.7 Å². The number of hydrogen-bond donors (Lipinski definition) is 2. The van der Waals surface area contributed by atoms with Crippen molar-refractivity contribution in [3.8, 4) is 0 Å². The number of rotatable bonds is 6. The molecule has 2 atom stereocenters. The van der Waals surface area contributed by atoms with Gasteiger partial charge in [-0.1, -0.05) is 19.1 Å². The zero-order valence-electron chi connectivity index (χ0n) is 13.8. The number of nitrogens with one attached hydrogen (secondary N) is 2. The fourth-order valence-electron chi connectivity index (χ4n) is 2.68. The molecule has 1 fully saturated rings. The summed E-state index contributed by atoms with van der Waals surface area (Å²) in [6.07, 6.45) is 2.49. The van der Waals surface area contributed by atoms with Gasteiger partial charge >= 0.3 is 0 Å². The van der Waals surface area contributed by atoms with E-state index in [0.29, 0.717) is 17.9 Å². The fraction of sp³-hybridized carbons (Fsp3) is 0.588. The third-order valence-electron chi connectivity index (χ3n) is 4.24. The predicted octanol–water partition coefficient (Wildman–Crippen LogP) is 1.88. The summed E-state index contributed by atoms with van der Waals surface area (Å²) >= 11 is 0. The van der Waals surface area contributed by atoms with Gasteiger partial charge in [-0.25, -0.2) is 8.42 Å². The van der Waals surface area contributed by atoms with Crippen molar-refractivity contribution in [2.24, 2.45) is 0 Å². The summed E-state index contributed by atoms with van der Waals surface area (Å²) in [6, 6.07) is 7.63. The maximum atomic E-state index is 12.1. The van der Waals surface area contributed by atoms with Crippen LogP contribution in [0.1, 0.15) is 49.0 Å². The summed E-state index contributed by atoms with van der Waals surface area (Å²) in [5.74, 6) is 0.443. The van der Waals surface area contributed by atoms with Gasteiger partial charge in [0.05, 0.1) is 11.5 Å². The first-order valence-electron chi connectivity index (χ1n) is 8.23. The summed E-state index contributed by atoms with van der Waals surface area (Å²) in [7, 11) is -2.90. The molecule has 6 heteroatoms. The molecule has 1 aromatic carbocycles. The highest BCUT2D eigenvalue weighted by atomic mass is 32.2. The molecule has 1 saturated heterocycles. The molecular weight excluding hydrogens is 312 g/mol. The van der Waals surface area contributed by atoms with Crippen molar-refractivity contribution in [3.63, 3.8) is 0 Å². The molecule has 0 aliphatic carbocycles. The van der Waals surface area contributed by atoms with Gasteiger partial charge in [0.25, 0.3) is 5.91 Å². The minimum absolute atomic E-state index is 0.00588. The van der Waals surface area contributed by atoms with E-state index < -0.39 is 9.84 Å². The minimum atomic E-state index is -2.90. The lowest BCUT2D eigenvalue weighted by Crippen LogP contribution is -2.39. The van der Waals surface area contributed by atoms with E-state index in [1.165, 1.54) is 0 Å². The Labute approximate surface area is 138 Å². The Morgan fingerprint density at radius 1 is 1.39 bits per heavy atom. The van der Waals surface area contributed by atoms with Crippen LogP contribution in [0.3, 0.4) is 0 Å². The van der Waals surface area contributed by atoms with Crippen LogP contribution in [0.5, 0.6) is 0 Å². The van der Waals surface area contributed by atoms with Crippen LogP contribution in [-0.2, 0) is 16.4 Å². The van der Waals surface area contributed by atoms with Gasteiger partial charge in [0.1, 0.15) is 0 Å². The molecule has 1 heterocycles. The highest BCUT2D eigenvalue weighted by Crippen LogP contribution is 2.13. The minimum Gasteiger partial charge on any atom is -0.350 e. The third kappa shape index (κ3) is 5.62. The highest BCUT2D eigenvalue weighted by molar-refractivity contribution is 7.91. The van der Waals surface area contributed by atoms with Gasteiger partial charge in [-0.2, -0.15) is 0 Å². The monoisotopic (exact) mass is 338 g/mol. The van der Waals surface area contributed by atoms with E-state index in [-0.39, 0.29) is 23.7 Å². The molecule has 0 aromatic heterocycles. The van der Waals surface area contributed by atoms with Gasteiger partial charge in [-0.3, -0.25) is 4.79 Å². The standard InChI is InChI=1S/C17H26N2O3S/c1-3-13(2)19-17(20)15-7-4-6-14(10-15)11-18-16-8-5-9-23(21,22)12-16/h4,6-7,10,13,16,18H,3,5,8-9,11-12H2,1-2H3,(H,19,20)/t13-,16-/m0/s1. The number of carbonyl (C=O) groups excluding carboxylic acids is 1. The van der Waals surface area contributed by atoms with Crippen molar-refractivity contribution < 1.29 is 13.2 Å². The molecule has 23 heavy (non-hydrogen) atoms. The van der Waals surface area contributed by atoms with E-state index >= 15 is 0 Å². The van der Waals surface area contributed by atoms with Gasteiger partial charge in [-0.05, 0) is 43.9 Å². The number of sulfone groups is 1. The van der Waals surface area contributed by atoms with E-state index in [4.69, 9.17) is 0 Å². The molecule has 2 N–H and O–H groups in total. The first kappa shape index (κ1) is 17.9. The molecule has 1 aromatic rings. The van der Waals surface area contributed by atoms with Gasteiger partial charge in [0, 0.05) is 24.2 Å². The first-order valence-corrected chi connectivity index (χ1v) is 10.1. The summed E-state index contributed by atoms with van der Waals surface area (Å²) in [4.78, 5) is 12.1. The quantitative estimate of drug-likeness (QED) is 0.830. The molecule has 128 valence electrons. The van der Waals surface area contributed by atoms with Crippen molar-refractivity contribution in [1.82, 2.24) is 10.6 Å². The van der Waals surface area contributed by atoms with Crippen molar-refractivity contribution >= 4 is 15.7 Å². The fourth-order valence-corrected chi connectivity index (χ4v) is 4.35. The number of carbonyl (C=O) groups is 1. The number of benzene rings is 1. The molecule has 0 bridgehead atoms. The molecule has 2 rings (SSSR count). The second-order valence-electron chi connectivity index (χ2n) is 6.32. The van der Waals surface area contributed by atoms with Crippen LogP contribution < -0.4 is 10.6 Å². The van der Waals surface area contributed by atoms with Crippen LogP contribution in [0, 0.1) is 0 Å². The van der Waals surface area contributed by atoms with Crippen LogP contribution in [0.2, 0.25) is 0 Å². The predicted molar refractivity (Wildman–Crippen MR) is 92.2 cm³/mol. The zero-order valence-corrected chi connectivity index (χ0v) is 14.7. The Bertz CT molecular complexity index is 643. The molecule has 1 amide bonds. The largest absolute Gasteiger partial charge is 0.350 e. The smallest absolute Gasteiger partial charge is 0.251 e. The molecule has 0 spiro atoms.